The molecule has 2 atom stereocenters. The summed E-state index contributed by atoms with van der Waals surface area (Å²) in [5, 5.41) is 4.81. The van der Waals surface area contributed by atoms with Gasteiger partial charge in [0.2, 0.25) is 0 Å². The lowest BCUT2D eigenvalue weighted by Crippen LogP contribution is -2.27. The Morgan fingerprint density at radius 2 is 1.11 bits per heavy atom. The lowest BCUT2D eigenvalue weighted by atomic mass is 9.68. The van der Waals surface area contributed by atoms with Gasteiger partial charge in [-0.3, -0.25) is 9.97 Å². The minimum Gasteiger partial charge on any atom is -0.256 e. The van der Waals surface area contributed by atoms with E-state index in [9.17, 15) is 0 Å². The zero-order valence-electron chi connectivity index (χ0n) is 33.1. The van der Waals surface area contributed by atoms with Gasteiger partial charge in [0.15, 0.2) is 0 Å². The van der Waals surface area contributed by atoms with Gasteiger partial charge >= 0.3 is 0 Å². The van der Waals surface area contributed by atoms with Crippen LogP contribution in [0.3, 0.4) is 0 Å². The van der Waals surface area contributed by atoms with E-state index in [2.05, 4.69) is 170 Å². The van der Waals surface area contributed by atoms with Gasteiger partial charge in [-0.2, -0.15) is 0 Å². The lowest BCUT2D eigenvalue weighted by Gasteiger charge is -2.33. The minimum atomic E-state index is -0.433. The third kappa shape index (κ3) is 4.40. The van der Waals surface area contributed by atoms with Crippen molar-refractivity contribution in [3.05, 3.63) is 222 Å². The van der Waals surface area contributed by atoms with Gasteiger partial charge in [0.05, 0.1) is 27.8 Å². The van der Waals surface area contributed by atoms with Crippen LogP contribution in [0.15, 0.2) is 200 Å². The zero-order chi connectivity index (χ0) is 39.8. The quantitative estimate of drug-likeness (QED) is 0.179. The number of benzene rings is 7. The van der Waals surface area contributed by atoms with Crippen molar-refractivity contribution in [1.82, 2.24) is 15.0 Å². The van der Waals surface area contributed by atoms with E-state index >= 15 is 0 Å². The first-order valence-corrected chi connectivity index (χ1v) is 21.3. The average molecular weight is 774 g/mol. The van der Waals surface area contributed by atoms with Crippen molar-refractivity contribution in [2.24, 2.45) is 0 Å². The van der Waals surface area contributed by atoms with Crippen LogP contribution in [0.5, 0.6) is 0 Å². The van der Waals surface area contributed by atoms with E-state index in [0.717, 1.165) is 56.3 Å². The minimum absolute atomic E-state index is 0.319. The number of hydrogen-bond donors (Lipinski definition) is 0. The molecule has 10 aromatic rings. The average Bonchev–Trinajstić information content (AvgIpc) is 3.93. The van der Waals surface area contributed by atoms with Crippen LogP contribution in [-0.2, 0) is 5.41 Å². The molecule has 0 N–H and O–H groups in total. The van der Waals surface area contributed by atoms with Gasteiger partial charge in [-0.25, -0.2) is 4.98 Å². The summed E-state index contributed by atoms with van der Waals surface area (Å²) < 4.78 is 0. The van der Waals surface area contributed by atoms with Crippen LogP contribution in [0.25, 0.3) is 99.6 Å². The van der Waals surface area contributed by atoms with Crippen LogP contribution in [0.1, 0.15) is 34.6 Å². The molecule has 0 saturated carbocycles. The number of rotatable bonds is 3. The summed E-state index contributed by atoms with van der Waals surface area (Å²) in [6.45, 7) is 0. The van der Waals surface area contributed by atoms with E-state index in [0.29, 0.717) is 5.92 Å². The van der Waals surface area contributed by atoms with Gasteiger partial charge in [0, 0.05) is 40.2 Å². The second kappa shape index (κ2) is 12.2. The van der Waals surface area contributed by atoms with Crippen LogP contribution < -0.4 is 0 Å². The summed E-state index contributed by atoms with van der Waals surface area (Å²) in [5.74, 6) is 0.319. The van der Waals surface area contributed by atoms with Crippen molar-refractivity contribution in [2.75, 3.05) is 0 Å². The van der Waals surface area contributed by atoms with Crippen molar-refractivity contribution >= 4 is 32.6 Å². The predicted octanol–water partition coefficient (Wildman–Crippen LogP) is 14.3. The molecule has 0 amide bonds. The van der Waals surface area contributed by atoms with E-state index in [4.69, 9.17) is 15.0 Å². The first kappa shape index (κ1) is 33.1. The van der Waals surface area contributed by atoms with Gasteiger partial charge in [-0.05, 0) is 132 Å². The van der Waals surface area contributed by atoms with Crippen LogP contribution in [-0.4, -0.2) is 15.0 Å². The third-order valence-corrected chi connectivity index (χ3v) is 14.0. The molecule has 0 radical (unpaired) electrons. The molecular weight excluding hydrogens is 739 g/mol. The zero-order valence-corrected chi connectivity index (χ0v) is 33.1. The monoisotopic (exact) mass is 773 g/mol. The second-order valence-corrected chi connectivity index (χ2v) is 17.0. The predicted molar refractivity (Wildman–Crippen MR) is 249 cm³/mol. The maximum absolute atomic E-state index is 5.50. The van der Waals surface area contributed by atoms with E-state index in [1.165, 1.54) is 77.5 Å². The molecule has 3 aromatic heterocycles. The van der Waals surface area contributed by atoms with E-state index < -0.39 is 5.41 Å². The molecule has 3 heteroatoms. The van der Waals surface area contributed by atoms with Gasteiger partial charge in [-0.1, -0.05) is 140 Å². The van der Waals surface area contributed by atoms with Gasteiger partial charge in [0.25, 0.3) is 0 Å². The fourth-order valence-electron chi connectivity index (χ4n) is 11.6. The third-order valence-electron chi connectivity index (χ3n) is 14.0. The highest BCUT2D eigenvalue weighted by Gasteiger charge is 2.56. The number of fused-ring (bicyclic) bond motifs is 15. The van der Waals surface area contributed by atoms with Gasteiger partial charge < -0.3 is 0 Å². The molecule has 14 rings (SSSR count). The standard InChI is InChI=1S/C58H35N3/c1-4-20-46-40(15-1)41-16-2-5-21-47(41)58(46)48-22-6-3-17-43(48)57-49(58)33-45-42-18-7-11-36-12-8-19-44(54(36)42)56(45)55(57)39-31-52(37-25-23-34-13-9-27-59-50(34)29-37)61-53(32-39)38-26-24-35-14-10-28-60-51(35)30-38/h1-15,17-33,41H,16H2. The lowest BCUT2D eigenvalue weighted by molar-refractivity contribution is 0.708. The van der Waals surface area contributed by atoms with Gasteiger partial charge in [-0.15, -0.1) is 0 Å². The maximum Gasteiger partial charge on any atom is 0.0716 e. The maximum atomic E-state index is 5.50. The molecule has 0 aliphatic heterocycles. The van der Waals surface area contributed by atoms with Crippen molar-refractivity contribution in [2.45, 2.75) is 17.8 Å². The van der Waals surface area contributed by atoms with Crippen LogP contribution in [0.4, 0.5) is 0 Å². The van der Waals surface area contributed by atoms with Crippen LogP contribution in [0.2, 0.25) is 0 Å². The fourth-order valence-corrected chi connectivity index (χ4v) is 11.6. The Morgan fingerprint density at radius 3 is 1.87 bits per heavy atom. The van der Waals surface area contributed by atoms with E-state index in [1.54, 1.807) is 0 Å². The Balaban J connectivity index is 1.15. The summed E-state index contributed by atoms with van der Waals surface area (Å²) in [6.07, 6.45) is 11.8. The highest BCUT2D eigenvalue weighted by Crippen LogP contribution is 2.68. The molecular formula is C58H35N3. The summed E-state index contributed by atoms with van der Waals surface area (Å²) in [7, 11) is 0. The summed E-state index contributed by atoms with van der Waals surface area (Å²) in [4.78, 5) is 15.1. The van der Waals surface area contributed by atoms with Crippen molar-refractivity contribution in [3.8, 4) is 67.0 Å². The number of nitrogens with zero attached hydrogens (tertiary/aromatic N) is 3. The molecule has 3 heterocycles. The van der Waals surface area contributed by atoms with Gasteiger partial charge in [0.1, 0.15) is 0 Å². The number of aromatic nitrogens is 3. The van der Waals surface area contributed by atoms with E-state index in [1.807, 2.05) is 24.5 Å². The summed E-state index contributed by atoms with van der Waals surface area (Å²) in [6, 6.07) is 60.8. The molecule has 0 fully saturated rings. The van der Waals surface area contributed by atoms with Crippen LogP contribution >= 0.6 is 0 Å². The molecule has 4 aliphatic carbocycles. The second-order valence-electron chi connectivity index (χ2n) is 17.0. The molecule has 0 bridgehead atoms. The number of allylic oxidation sites excluding steroid dienone is 4. The molecule has 61 heavy (non-hydrogen) atoms. The summed E-state index contributed by atoms with van der Waals surface area (Å²) >= 11 is 0. The normalized spacial score (nSPS) is 17.4. The Hall–Kier alpha value is -7.75. The van der Waals surface area contributed by atoms with Crippen molar-refractivity contribution < 1.29 is 0 Å². The number of hydrogen-bond acceptors (Lipinski definition) is 3. The SMILES string of the molecule is C1=CCC2C(=C1)C1(c3ccccc3-c3c1cc1c(c3-c3cc(-c4ccc5cccnc5c4)nc(-c4ccc5cccnc5c4)c3)-c3cccc4cccc-1c34)c1ccccc12. The molecule has 2 unspecified atom stereocenters. The number of pyridine rings is 3. The smallest absolute Gasteiger partial charge is 0.0716 e. The Bertz CT molecular complexity index is 3540. The highest BCUT2D eigenvalue weighted by molar-refractivity contribution is 6.21. The fraction of sp³-hybridized carbons (Fsp3) is 0.0517. The molecule has 1 spiro atoms. The Kier molecular flexibility index (Phi) is 6.60. The molecule has 4 aliphatic rings. The van der Waals surface area contributed by atoms with Crippen molar-refractivity contribution in [3.63, 3.8) is 0 Å². The topological polar surface area (TPSA) is 38.7 Å². The Morgan fingerprint density at radius 1 is 0.459 bits per heavy atom. The van der Waals surface area contributed by atoms with Crippen molar-refractivity contribution in [1.29, 1.82) is 0 Å². The first-order chi connectivity index (χ1) is 30.2. The molecule has 7 aromatic carbocycles. The van der Waals surface area contributed by atoms with Crippen LogP contribution in [0, 0.1) is 0 Å². The highest BCUT2D eigenvalue weighted by atomic mass is 14.7. The van der Waals surface area contributed by atoms with E-state index in [-0.39, 0.29) is 0 Å². The molecule has 282 valence electrons. The molecule has 0 saturated heterocycles. The largest absolute Gasteiger partial charge is 0.256 e. The Labute approximate surface area is 353 Å². The molecule has 3 nitrogen and oxygen atoms in total. The summed E-state index contributed by atoms with van der Waals surface area (Å²) in [5.41, 5.74) is 22.6. The first-order valence-electron chi connectivity index (χ1n) is 21.3.